The SMILES string of the molecule is Cc1ccc(-c2nc(C)sc2CC(=O)N(C)Cc2ccccc2C)cc1. The van der Waals surface area contributed by atoms with Crippen molar-refractivity contribution in [1.82, 2.24) is 9.88 Å². The van der Waals surface area contributed by atoms with Crippen molar-refractivity contribution >= 4 is 17.2 Å². The third-order valence-corrected chi connectivity index (χ3v) is 5.51. The molecule has 0 radical (unpaired) electrons. The number of hydrogen-bond acceptors (Lipinski definition) is 3. The molecule has 0 atom stereocenters. The smallest absolute Gasteiger partial charge is 0.227 e. The predicted octanol–water partition coefficient (Wildman–Crippen LogP) is 4.94. The lowest BCUT2D eigenvalue weighted by Gasteiger charge is -2.18. The fourth-order valence-corrected chi connectivity index (χ4v) is 3.88. The van der Waals surface area contributed by atoms with E-state index >= 15 is 0 Å². The standard InChI is InChI=1S/C22H24N2OS/c1-15-9-11-18(12-10-15)22-20(26-17(3)23-22)13-21(25)24(4)14-19-8-6-5-7-16(19)2/h5-12H,13-14H2,1-4H3. The molecular formula is C22H24N2OS. The first-order valence-corrected chi connectivity index (χ1v) is 9.57. The van der Waals surface area contributed by atoms with Gasteiger partial charge in [-0.2, -0.15) is 0 Å². The zero-order valence-corrected chi connectivity index (χ0v) is 16.6. The van der Waals surface area contributed by atoms with E-state index in [2.05, 4.69) is 55.2 Å². The minimum absolute atomic E-state index is 0.116. The van der Waals surface area contributed by atoms with Crippen molar-refractivity contribution in [2.45, 2.75) is 33.7 Å². The molecule has 1 aromatic heterocycles. The van der Waals surface area contributed by atoms with Crippen molar-refractivity contribution in [3.63, 3.8) is 0 Å². The van der Waals surface area contributed by atoms with Crippen LogP contribution >= 0.6 is 11.3 Å². The molecule has 3 rings (SSSR count). The lowest BCUT2D eigenvalue weighted by Crippen LogP contribution is -2.27. The van der Waals surface area contributed by atoms with Crippen LogP contribution in [0.3, 0.4) is 0 Å². The number of amides is 1. The van der Waals surface area contributed by atoms with Crippen LogP contribution in [0.15, 0.2) is 48.5 Å². The quantitative estimate of drug-likeness (QED) is 0.643. The summed E-state index contributed by atoms with van der Waals surface area (Å²) in [6.45, 7) is 6.77. The van der Waals surface area contributed by atoms with Gasteiger partial charge in [0.05, 0.1) is 17.1 Å². The number of carbonyl (C=O) groups is 1. The van der Waals surface area contributed by atoms with Crippen molar-refractivity contribution in [2.24, 2.45) is 0 Å². The Kier molecular flexibility index (Phi) is 5.52. The molecule has 3 nitrogen and oxygen atoms in total. The van der Waals surface area contributed by atoms with Gasteiger partial charge in [0.1, 0.15) is 0 Å². The number of rotatable bonds is 5. The minimum atomic E-state index is 0.116. The van der Waals surface area contributed by atoms with Gasteiger partial charge in [-0.3, -0.25) is 4.79 Å². The Morgan fingerprint density at radius 3 is 2.42 bits per heavy atom. The molecule has 1 heterocycles. The summed E-state index contributed by atoms with van der Waals surface area (Å²) in [5.74, 6) is 0.116. The number of aryl methyl sites for hydroxylation is 3. The Balaban J connectivity index is 1.77. The van der Waals surface area contributed by atoms with Gasteiger partial charge in [0.25, 0.3) is 0 Å². The molecule has 1 amide bonds. The van der Waals surface area contributed by atoms with Gasteiger partial charge in [-0.05, 0) is 31.9 Å². The first kappa shape index (κ1) is 18.3. The van der Waals surface area contributed by atoms with Gasteiger partial charge in [0.2, 0.25) is 5.91 Å². The summed E-state index contributed by atoms with van der Waals surface area (Å²) in [6.07, 6.45) is 0.386. The first-order chi connectivity index (χ1) is 12.4. The van der Waals surface area contributed by atoms with Gasteiger partial charge in [0, 0.05) is 24.0 Å². The van der Waals surface area contributed by atoms with Gasteiger partial charge >= 0.3 is 0 Å². The predicted molar refractivity (Wildman–Crippen MR) is 108 cm³/mol. The monoisotopic (exact) mass is 364 g/mol. The number of hydrogen-bond donors (Lipinski definition) is 0. The normalized spacial score (nSPS) is 10.8. The van der Waals surface area contributed by atoms with Crippen molar-refractivity contribution in [1.29, 1.82) is 0 Å². The van der Waals surface area contributed by atoms with Gasteiger partial charge in [0.15, 0.2) is 0 Å². The van der Waals surface area contributed by atoms with Crippen LogP contribution in [0.1, 0.15) is 26.6 Å². The Morgan fingerprint density at radius 2 is 1.73 bits per heavy atom. The van der Waals surface area contributed by atoms with Crippen LogP contribution < -0.4 is 0 Å². The van der Waals surface area contributed by atoms with Crippen molar-refractivity contribution in [3.8, 4) is 11.3 Å². The largest absolute Gasteiger partial charge is 0.341 e. The van der Waals surface area contributed by atoms with E-state index in [1.54, 1.807) is 16.2 Å². The van der Waals surface area contributed by atoms with E-state index in [0.717, 1.165) is 21.1 Å². The van der Waals surface area contributed by atoms with Crippen LogP contribution in [-0.4, -0.2) is 22.8 Å². The zero-order chi connectivity index (χ0) is 18.7. The average Bonchev–Trinajstić information content (AvgIpc) is 2.97. The molecule has 0 unspecified atom stereocenters. The van der Waals surface area contributed by atoms with Crippen LogP contribution in [0.5, 0.6) is 0 Å². The maximum atomic E-state index is 12.8. The summed E-state index contributed by atoms with van der Waals surface area (Å²) < 4.78 is 0. The van der Waals surface area contributed by atoms with Crippen LogP contribution in [-0.2, 0) is 17.8 Å². The molecule has 0 aliphatic heterocycles. The first-order valence-electron chi connectivity index (χ1n) is 8.76. The topological polar surface area (TPSA) is 33.2 Å². The number of aromatic nitrogens is 1. The summed E-state index contributed by atoms with van der Waals surface area (Å²) in [6, 6.07) is 16.5. The lowest BCUT2D eigenvalue weighted by molar-refractivity contribution is -0.129. The van der Waals surface area contributed by atoms with Crippen molar-refractivity contribution < 1.29 is 4.79 Å². The molecule has 0 bridgehead atoms. The summed E-state index contributed by atoms with van der Waals surface area (Å²) in [4.78, 5) is 20.3. The van der Waals surface area contributed by atoms with E-state index in [-0.39, 0.29) is 5.91 Å². The molecule has 3 aromatic rings. The summed E-state index contributed by atoms with van der Waals surface area (Å²) in [5.41, 5.74) is 5.62. The minimum Gasteiger partial charge on any atom is -0.341 e. The fraction of sp³-hybridized carbons (Fsp3) is 0.273. The molecule has 4 heteroatoms. The maximum absolute atomic E-state index is 12.8. The van der Waals surface area contributed by atoms with Gasteiger partial charge in [-0.1, -0.05) is 54.1 Å². The molecule has 0 aliphatic rings. The number of likely N-dealkylation sites (N-methyl/N-ethyl adjacent to an activating group) is 1. The van der Waals surface area contributed by atoms with Crippen molar-refractivity contribution in [2.75, 3.05) is 7.05 Å². The highest BCUT2D eigenvalue weighted by Gasteiger charge is 2.17. The third kappa shape index (κ3) is 4.20. The molecule has 134 valence electrons. The summed E-state index contributed by atoms with van der Waals surface area (Å²) in [5, 5.41) is 0.991. The van der Waals surface area contributed by atoms with Crippen LogP contribution in [0.4, 0.5) is 0 Å². The van der Waals surface area contributed by atoms with Crippen LogP contribution in [0, 0.1) is 20.8 Å². The number of nitrogens with zero attached hydrogens (tertiary/aromatic N) is 2. The highest BCUT2D eigenvalue weighted by molar-refractivity contribution is 7.12. The van der Waals surface area contributed by atoms with Crippen LogP contribution in [0.25, 0.3) is 11.3 Å². The molecule has 26 heavy (non-hydrogen) atoms. The highest BCUT2D eigenvalue weighted by atomic mass is 32.1. The summed E-state index contributed by atoms with van der Waals surface area (Å²) in [7, 11) is 1.87. The molecule has 0 saturated heterocycles. The van der Waals surface area contributed by atoms with E-state index < -0.39 is 0 Å². The molecular weight excluding hydrogens is 340 g/mol. The summed E-state index contributed by atoms with van der Waals surface area (Å²) >= 11 is 1.61. The van der Waals surface area contributed by atoms with Gasteiger partial charge in [-0.15, -0.1) is 11.3 Å². The second-order valence-electron chi connectivity index (χ2n) is 6.72. The van der Waals surface area contributed by atoms with E-state index in [0.29, 0.717) is 13.0 Å². The van der Waals surface area contributed by atoms with E-state index in [9.17, 15) is 4.79 Å². The molecule has 0 N–H and O–H groups in total. The Hall–Kier alpha value is -2.46. The second kappa shape index (κ2) is 7.83. The molecule has 2 aromatic carbocycles. The Bertz CT molecular complexity index is 912. The van der Waals surface area contributed by atoms with Gasteiger partial charge in [-0.25, -0.2) is 4.98 Å². The van der Waals surface area contributed by atoms with E-state index in [1.807, 2.05) is 26.1 Å². The zero-order valence-electron chi connectivity index (χ0n) is 15.7. The third-order valence-electron chi connectivity index (χ3n) is 4.54. The number of benzene rings is 2. The fourth-order valence-electron chi connectivity index (χ4n) is 2.93. The maximum Gasteiger partial charge on any atom is 0.227 e. The van der Waals surface area contributed by atoms with Gasteiger partial charge < -0.3 is 4.90 Å². The molecule has 0 spiro atoms. The average molecular weight is 365 g/mol. The van der Waals surface area contributed by atoms with Crippen molar-refractivity contribution in [3.05, 3.63) is 75.1 Å². The Labute approximate surface area is 159 Å². The lowest BCUT2D eigenvalue weighted by atomic mass is 10.1. The molecule has 0 fully saturated rings. The molecule has 0 saturated carbocycles. The van der Waals surface area contributed by atoms with E-state index in [1.165, 1.54) is 16.7 Å². The number of carbonyl (C=O) groups excluding carboxylic acids is 1. The Morgan fingerprint density at radius 1 is 1.04 bits per heavy atom. The highest BCUT2D eigenvalue weighted by Crippen LogP contribution is 2.29. The van der Waals surface area contributed by atoms with E-state index in [4.69, 9.17) is 0 Å². The molecule has 0 aliphatic carbocycles. The number of thiazole rings is 1. The van der Waals surface area contributed by atoms with Crippen LogP contribution in [0.2, 0.25) is 0 Å². The second-order valence-corrected chi connectivity index (χ2v) is 8.01.